The Bertz CT molecular complexity index is 477. The Morgan fingerprint density at radius 1 is 1.29 bits per heavy atom. The largest absolute Gasteiger partial charge is 0.497 e. The monoisotopic (exact) mass is 231 g/mol. The molecule has 90 valence electrons. The standard InChI is InChI=1S/C14H17NO2/c1-3-15-10-14-13(7-8-17-14)11-5-4-6-12(9-11)16-2/h4-9,15H,3,10H2,1-2H3. The summed E-state index contributed by atoms with van der Waals surface area (Å²) in [6.07, 6.45) is 1.72. The lowest BCUT2D eigenvalue weighted by atomic mass is 10.1. The van der Waals surface area contributed by atoms with Crippen LogP contribution < -0.4 is 10.1 Å². The second kappa shape index (κ2) is 5.55. The van der Waals surface area contributed by atoms with E-state index in [2.05, 4.69) is 18.3 Å². The molecule has 0 aliphatic carbocycles. The van der Waals surface area contributed by atoms with Crippen LogP contribution in [-0.4, -0.2) is 13.7 Å². The zero-order chi connectivity index (χ0) is 12.1. The van der Waals surface area contributed by atoms with Crippen LogP contribution in [0.1, 0.15) is 12.7 Å². The maximum atomic E-state index is 5.49. The molecule has 0 spiro atoms. The molecule has 0 aliphatic rings. The van der Waals surface area contributed by atoms with Crippen LogP contribution in [0.15, 0.2) is 41.0 Å². The third kappa shape index (κ3) is 2.68. The SMILES string of the molecule is CCNCc1occc1-c1cccc(OC)c1. The molecule has 0 saturated heterocycles. The number of rotatable bonds is 5. The highest BCUT2D eigenvalue weighted by atomic mass is 16.5. The van der Waals surface area contributed by atoms with Gasteiger partial charge in [0.05, 0.1) is 19.9 Å². The van der Waals surface area contributed by atoms with E-state index in [0.717, 1.165) is 35.7 Å². The highest BCUT2D eigenvalue weighted by molar-refractivity contribution is 5.66. The second-order valence-corrected chi connectivity index (χ2v) is 3.77. The third-order valence-corrected chi connectivity index (χ3v) is 2.66. The van der Waals surface area contributed by atoms with Crippen molar-refractivity contribution < 1.29 is 9.15 Å². The molecule has 0 amide bonds. The zero-order valence-corrected chi connectivity index (χ0v) is 10.2. The second-order valence-electron chi connectivity index (χ2n) is 3.77. The average molecular weight is 231 g/mol. The van der Waals surface area contributed by atoms with Gasteiger partial charge in [0, 0.05) is 5.56 Å². The van der Waals surface area contributed by atoms with Gasteiger partial charge < -0.3 is 14.5 Å². The van der Waals surface area contributed by atoms with E-state index in [1.54, 1.807) is 13.4 Å². The lowest BCUT2D eigenvalue weighted by Gasteiger charge is -2.05. The van der Waals surface area contributed by atoms with Gasteiger partial charge >= 0.3 is 0 Å². The highest BCUT2D eigenvalue weighted by Crippen LogP contribution is 2.27. The van der Waals surface area contributed by atoms with Gasteiger partial charge in [0.1, 0.15) is 11.5 Å². The number of benzene rings is 1. The normalized spacial score (nSPS) is 10.5. The molecule has 0 fully saturated rings. The van der Waals surface area contributed by atoms with Gasteiger partial charge in [0.25, 0.3) is 0 Å². The predicted octanol–water partition coefficient (Wildman–Crippen LogP) is 3.06. The van der Waals surface area contributed by atoms with E-state index in [1.807, 2.05) is 24.3 Å². The van der Waals surface area contributed by atoms with Gasteiger partial charge in [-0.15, -0.1) is 0 Å². The smallest absolute Gasteiger partial charge is 0.125 e. The number of nitrogens with one attached hydrogen (secondary N) is 1. The molecule has 2 aromatic rings. The molecule has 3 heteroatoms. The zero-order valence-electron chi connectivity index (χ0n) is 10.2. The van der Waals surface area contributed by atoms with E-state index in [0.29, 0.717) is 0 Å². The molecule has 0 unspecified atom stereocenters. The van der Waals surface area contributed by atoms with Gasteiger partial charge in [0.15, 0.2) is 0 Å². The topological polar surface area (TPSA) is 34.4 Å². The molecule has 0 atom stereocenters. The van der Waals surface area contributed by atoms with Gasteiger partial charge in [0.2, 0.25) is 0 Å². The lowest BCUT2D eigenvalue weighted by Crippen LogP contribution is -2.11. The molecule has 1 N–H and O–H groups in total. The van der Waals surface area contributed by atoms with Crippen molar-refractivity contribution >= 4 is 0 Å². The van der Waals surface area contributed by atoms with Crippen LogP contribution in [-0.2, 0) is 6.54 Å². The maximum absolute atomic E-state index is 5.49. The summed E-state index contributed by atoms with van der Waals surface area (Å²) in [5.74, 6) is 1.82. The molecule has 2 rings (SSSR count). The van der Waals surface area contributed by atoms with Crippen LogP contribution in [0.5, 0.6) is 5.75 Å². The number of hydrogen-bond acceptors (Lipinski definition) is 3. The molecule has 17 heavy (non-hydrogen) atoms. The van der Waals surface area contributed by atoms with Crippen LogP contribution >= 0.6 is 0 Å². The molecule has 3 nitrogen and oxygen atoms in total. The fourth-order valence-corrected chi connectivity index (χ4v) is 1.76. The summed E-state index contributed by atoms with van der Waals surface area (Å²) in [5, 5.41) is 3.26. The van der Waals surface area contributed by atoms with Crippen LogP contribution in [0.4, 0.5) is 0 Å². The molecular formula is C14H17NO2. The predicted molar refractivity (Wildman–Crippen MR) is 68.1 cm³/mol. The van der Waals surface area contributed by atoms with E-state index in [4.69, 9.17) is 9.15 Å². The molecule has 1 aromatic carbocycles. The number of furan rings is 1. The van der Waals surface area contributed by atoms with Crippen molar-refractivity contribution in [2.45, 2.75) is 13.5 Å². The summed E-state index contributed by atoms with van der Waals surface area (Å²) in [5.41, 5.74) is 2.23. The Kier molecular flexibility index (Phi) is 3.83. The summed E-state index contributed by atoms with van der Waals surface area (Å²) in [6, 6.07) is 9.98. The Morgan fingerprint density at radius 2 is 2.18 bits per heavy atom. The number of hydrogen-bond donors (Lipinski definition) is 1. The van der Waals surface area contributed by atoms with Crippen molar-refractivity contribution in [1.29, 1.82) is 0 Å². The van der Waals surface area contributed by atoms with Crippen molar-refractivity contribution in [3.63, 3.8) is 0 Å². The van der Waals surface area contributed by atoms with Crippen molar-refractivity contribution in [2.75, 3.05) is 13.7 Å². The minimum atomic E-state index is 0.746. The van der Waals surface area contributed by atoms with E-state index >= 15 is 0 Å². The lowest BCUT2D eigenvalue weighted by molar-refractivity contribution is 0.415. The van der Waals surface area contributed by atoms with Crippen LogP contribution in [0.25, 0.3) is 11.1 Å². The minimum Gasteiger partial charge on any atom is -0.497 e. The first-order valence-electron chi connectivity index (χ1n) is 5.76. The fraction of sp³-hybridized carbons (Fsp3) is 0.286. The quantitative estimate of drug-likeness (QED) is 0.858. The van der Waals surface area contributed by atoms with Crippen molar-refractivity contribution in [1.82, 2.24) is 5.32 Å². The number of ether oxygens (including phenoxy) is 1. The molecule has 0 saturated carbocycles. The molecule has 1 aromatic heterocycles. The molecular weight excluding hydrogens is 214 g/mol. The van der Waals surface area contributed by atoms with Crippen molar-refractivity contribution in [3.8, 4) is 16.9 Å². The van der Waals surface area contributed by atoms with E-state index in [-0.39, 0.29) is 0 Å². The number of methoxy groups -OCH3 is 1. The Labute approximate surface area is 101 Å². The molecule has 1 heterocycles. The Morgan fingerprint density at radius 3 is 2.94 bits per heavy atom. The van der Waals surface area contributed by atoms with Crippen molar-refractivity contribution in [2.24, 2.45) is 0 Å². The van der Waals surface area contributed by atoms with Gasteiger partial charge in [-0.1, -0.05) is 19.1 Å². The van der Waals surface area contributed by atoms with Crippen LogP contribution in [0.2, 0.25) is 0 Å². The Hall–Kier alpha value is -1.74. The first-order valence-corrected chi connectivity index (χ1v) is 5.76. The summed E-state index contributed by atoms with van der Waals surface area (Å²) in [6.45, 7) is 3.75. The maximum Gasteiger partial charge on any atom is 0.125 e. The summed E-state index contributed by atoms with van der Waals surface area (Å²) in [4.78, 5) is 0. The molecule has 0 bridgehead atoms. The highest BCUT2D eigenvalue weighted by Gasteiger charge is 2.08. The summed E-state index contributed by atoms with van der Waals surface area (Å²) >= 11 is 0. The van der Waals surface area contributed by atoms with E-state index in [9.17, 15) is 0 Å². The van der Waals surface area contributed by atoms with Crippen LogP contribution in [0.3, 0.4) is 0 Å². The Balaban J connectivity index is 2.28. The van der Waals surface area contributed by atoms with E-state index in [1.165, 1.54) is 0 Å². The first-order chi connectivity index (χ1) is 8.35. The summed E-state index contributed by atoms with van der Waals surface area (Å²) < 4.78 is 10.7. The fourth-order valence-electron chi connectivity index (χ4n) is 1.76. The molecule has 0 aliphatic heterocycles. The average Bonchev–Trinajstić information content (AvgIpc) is 2.84. The summed E-state index contributed by atoms with van der Waals surface area (Å²) in [7, 11) is 1.67. The molecule has 0 radical (unpaired) electrons. The van der Waals surface area contributed by atoms with Gasteiger partial charge in [-0.2, -0.15) is 0 Å². The van der Waals surface area contributed by atoms with Gasteiger partial charge in [-0.25, -0.2) is 0 Å². The third-order valence-electron chi connectivity index (χ3n) is 2.66. The van der Waals surface area contributed by atoms with Crippen LogP contribution in [0, 0.1) is 0 Å². The van der Waals surface area contributed by atoms with E-state index < -0.39 is 0 Å². The van der Waals surface area contributed by atoms with Gasteiger partial charge in [-0.3, -0.25) is 0 Å². The first kappa shape index (κ1) is 11.7. The van der Waals surface area contributed by atoms with Crippen molar-refractivity contribution in [3.05, 3.63) is 42.4 Å². The minimum absolute atomic E-state index is 0.746. The van der Waals surface area contributed by atoms with Gasteiger partial charge in [-0.05, 0) is 30.3 Å².